The summed E-state index contributed by atoms with van der Waals surface area (Å²) in [6, 6.07) is 9.38. The number of pyridine rings is 1. The zero-order chi connectivity index (χ0) is 19.9. The number of halogens is 1. The molecule has 0 unspecified atom stereocenters. The lowest BCUT2D eigenvalue weighted by molar-refractivity contribution is 0.354. The van der Waals surface area contributed by atoms with Crippen molar-refractivity contribution < 1.29 is 9.47 Å². The summed E-state index contributed by atoms with van der Waals surface area (Å²) in [4.78, 5) is 12.4. The highest BCUT2D eigenvalue weighted by Crippen LogP contribution is 2.29. The lowest BCUT2D eigenvalue weighted by Crippen LogP contribution is -2.11. The van der Waals surface area contributed by atoms with Crippen LogP contribution >= 0.6 is 11.6 Å². The number of nitrogens with one attached hydrogen (secondary N) is 2. The molecule has 0 spiro atoms. The molecule has 4 N–H and O–H groups in total. The number of nitrogens with zero attached hydrogens (tertiary/aromatic N) is 3. The van der Waals surface area contributed by atoms with E-state index in [-0.39, 0.29) is 0 Å². The van der Waals surface area contributed by atoms with Crippen molar-refractivity contribution in [2.75, 3.05) is 37.1 Å². The Morgan fingerprint density at radius 2 is 1.82 bits per heavy atom. The Balaban J connectivity index is 1.66. The molecule has 0 saturated carbocycles. The standard InChI is InChI=1S/C19H21ClN6O2/c1-27-14-6-5-12(10-15(14)28-2)7-9-23-18-16(21)19(25-11-24-18)26-13-4-3-8-22-17(13)20/h3-6,8,10-11H,7,9,21H2,1-2H3,(H2,23,24,25,26). The Hall–Kier alpha value is -3.26. The summed E-state index contributed by atoms with van der Waals surface area (Å²) < 4.78 is 10.6. The number of ether oxygens (including phenoxy) is 2. The molecule has 3 aromatic rings. The van der Waals surface area contributed by atoms with Crippen LogP contribution in [0.4, 0.5) is 23.0 Å². The number of nitrogen functional groups attached to an aromatic ring is 1. The van der Waals surface area contributed by atoms with Gasteiger partial charge in [0.25, 0.3) is 0 Å². The van der Waals surface area contributed by atoms with E-state index in [0.29, 0.717) is 46.2 Å². The van der Waals surface area contributed by atoms with Crippen molar-refractivity contribution in [1.29, 1.82) is 0 Å². The van der Waals surface area contributed by atoms with Crippen LogP contribution in [-0.4, -0.2) is 35.7 Å². The van der Waals surface area contributed by atoms with Gasteiger partial charge < -0.3 is 25.8 Å². The maximum Gasteiger partial charge on any atom is 0.160 e. The van der Waals surface area contributed by atoms with Crippen molar-refractivity contribution in [3.05, 3.63) is 53.6 Å². The maximum absolute atomic E-state index is 6.19. The lowest BCUT2D eigenvalue weighted by atomic mass is 10.1. The molecule has 0 fully saturated rings. The van der Waals surface area contributed by atoms with Crippen LogP contribution in [-0.2, 0) is 6.42 Å². The molecular weight excluding hydrogens is 380 g/mol. The predicted molar refractivity (Wildman–Crippen MR) is 111 cm³/mol. The molecule has 1 aromatic carbocycles. The van der Waals surface area contributed by atoms with Gasteiger partial charge in [-0.2, -0.15) is 0 Å². The Morgan fingerprint density at radius 3 is 2.57 bits per heavy atom. The van der Waals surface area contributed by atoms with Crippen molar-refractivity contribution in [2.24, 2.45) is 0 Å². The molecule has 0 atom stereocenters. The molecule has 2 aromatic heterocycles. The number of hydrogen-bond donors (Lipinski definition) is 3. The van der Waals surface area contributed by atoms with E-state index in [1.807, 2.05) is 18.2 Å². The van der Waals surface area contributed by atoms with Crippen molar-refractivity contribution in [1.82, 2.24) is 15.0 Å². The maximum atomic E-state index is 6.19. The second kappa shape index (κ2) is 9.09. The first-order valence-corrected chi connectivity index (χ1v) is 8.93. The van der Waals surface area contributed by atoms with Crippen LogP contribution in [0, 0.1) is 0 Å². The summed E-state index contributed by atoms with van der Waals surface area (Å²) in [7, 11) is 3.23. The Bertz CT molecular complexity index is 953. The van der Waals surface area contributed by atoms with Crippen LogP contribution in [0.5, 0.6) is 11.5 Å². The summed E-state index contributed by atoms with van der Waals surface area (Å²) in [6.45, 7) is 0.629. The van der Waals surface area contributed by atoms with E-state index in [1.165, 1.54) is 6.33 Å². The molecule has 0 bridgehead atoms. The zero-order valence-electron chi connectivity index (χ0n) is 15.6. The van der Waals surface area contributed by atoms with Crippen molar-refractivity contribution in [3.63, 3.8) is 0 Å². The van der Waals surface area contributed by atoms with E-state index in [1.54, 1.807) is 32.5 Å². The number of benzene rings is 1. The number of rotatable bonds is 8. The van der Waals surface area contributed by atoms with Gasteiger partial charge in [0.05, 0.1) is 19.9 Å². The van der Waals surface area contributed by atoms with Gasteiger partial charge in [0.1, 0.15) is 12.0 Å². The van der Waals surface area contributed by atoms with Gasteiger partial charge in [-0.1, -0.05) is 17.7 Å². The van der Waals surface area contributed by atoms with Gasteiger partial charge in [-0.15, -0.1) is 0 Å². The first kappa shape index (κ1) is 19.5. The summed E-state index contributed by atoms with van der Waals surface area (Å²) in [5.74, 6) is 2.39. The molecule has 0 amide bonds. The summed E-state index contributed by atoms with van der Waals surface area (Å²) in [5.41, 5.74) is 8.30. The Morgan fingerprint density at radius 1 is 1.04 bits per heavy atom. The van der Waals surface area contributed by atoms with Crippen LogP contribution in [0.3, 0.4) is 0 Å². The van der Waals surface area contributed by atoms with Crippen LogP contribution in [0.25, 0.3) is 0 Å². The topological polar surface area (TPSA) is 107 Å². The van der Waals surface area contributed by atoms with E-state index in [0.717, 1.165) is 12.0 Å². The molecule has 0 aliphatic rings. The molecule has 8 nitrogen and oxygen atoms in total. The molecule has 9 heteroatoms. The number of aromatic nitrogens is 3. The lowest BCUT2D eigenvalue weighted by Gasteiger charge is -2.13. The van der Waals surface area contributed by atoms with Gasteiger partial charge in [-0.3, -0.25) is 0 Å². The highest BCUT2D eigenvalue weighted by atomic mass is 35.5. The minimum absolute atomic E-state index is 0.337. The van der Waals surface area contributed by atoms with Gasteiger partial charge in [0, 0.05) is 12.7 Å². The monoisotopic (exact) mass is 400 g/mol. The van der Waals surface area contributed by atoms with Crippen LogP contribution < -0.4 is 25.8 Å². The molecule has 0 aliphatic carbocycles. The average Bonchev–Trinajstić information content (AvgIpc) is 2.72. The third kappa shape index (κ3) is 4.52. The van der Waals surface area contributed by atoms with E-state index in [2.05, 4.69) is 25.6 Å². The molecule has 3 rings (SSSR count). The summed E-state index contributed by atoms with van der Waals surface area (Å²) in [6.07, 6.45) is 3.79. The molecule has 146 valence electrons. The van der Waals surface area contributed by atoms with Gasteiger partial charge >= 0.3 is 0 Å². The smallest absolute Gasteiger partial charge is 0.160 e. The highest BCUT2D eigenvalue weighted by molar-refractivity contribution is 6.32. The largest absolute Gasteiger partial charge is 0.493 e. The normalized spacial score (nSPS) is 10.4. The third-order valence-corrected chi connectivity index (χ3v) is 4.35. The fourth-order valence-corrected chi connectivity index (χ4v) is 2.77. The molecule has 28 heavy (non-hydrogen) atoms. The Kier molecular flexibility index (Phi) is 6.33. The fourth-order valence-electron chi connectivity index (χ4n) is 2.60. The van der Waals surface area contributed by atoms with Gasteiger partial charge in [0.15, 0.2) is 28.3 Å². The number of nitrogens with two attached hydrogens (primary N) is 1. The van der Waals surface area contributed by atoms with E-state index in [4.69, 9.17) is 26.8 Å². The van der Waals surface area contributed by atoms with E-state index >= 15 is 0 Å². The van der Waals surface area contributed by atoms with Crippen molar-refractivity contribution in [2.45, 2.75) is 6.42 Å². The minimum Gasteiger partial charge on any atom is -0.493 e. The summed E-state index contributed by atoms with van der Waals surface area (Å²) in [5, 5.41) is 6.64. The van der Waals surface area contributed by atoms with Gasteiger partial charge in [0.2, 0.25) is 0 Å². The van der Waals surface area contributed by atoms with E-state index < -0.39 is 0 Å². The average molecular weight is 401 g/mol. The zero-order valence-corrected chi connectivity index (χ0v) is 16.3. The molecule has 0 aliphatic heterocycles. The molecule has 2 heterocycles. The summed E-state index contributed by atoms with van der Waals surface area (Å²) >= 11 is 6.07. The van der Waals surface area contributed by atoms with Crippen LogP contribution in [0.15, 0.2) is 42.9 Å². The molecule has 0 radical (unpaired) electrons. The van der Waals surface area contributed by atoms with Gasteiger partial charge in [-0.25, -0.2) is 15.0 Å². The first-order valence-electron chi connectivity index (χ1n) is 8.55. The molecular formula is C19H21ClN6O2. The predicted octanol–water partition coefficient (Wildman–Crippen LogP) is 3.52. The third-order valence-electron chi connectivity index (χ3n) is 4.05. The molecule has 0 saturated heterocycles. The Labute approximate surface area is 168 Å². The number of anilines is 4. The van der Waals surface area contributed by atoms with E-state index in [9.17, 15) is 0 Å². The van der Waals surface area contributed by atoms with Crippen molar-refractivity contribution >= 4 is 34.6 Å². The minimum atomic E-state index is 0.337. The van der Waals surface area contributed by atoms with Crippen molar-refractivity contribution in [3.8, 4) is 11.5 Å². The first-order chi connectivity index (χ1) is 13.6. The number of methoxy groups -OCH3 is 2. The van der Waals surface area contributed by atoms with Crippen LogP contribution in [0.1, 0.15) is 5.56 Å². The highest BCUT2D eigenvalue weighted by Gasteiger charge is 2.10. The van der Waals surface area contributed by atoms with Gasteiger partial charge in [-0.05, 0) is 36.2 Å². The number of hydrogen-bond acceptors (Lipinski definition) is 8. The second-order valence-electron chi connectivity index (χ2n) is 5.82. The fraction of sp³-hybridized carbons (Fsp3) is 0.211. The quantitative estimate of drug-likeness (QED) is 0.493. The van der Waals surface area contributed by atoms with Crippen LogP contribution in [0.2, 0.25) is 5.15 Å². The second-order valence-corrected chi connectivity index (χ2v) is 6.18. The SMILES string of the molecule is COc1ccc(CCNc2ncnc(Nc3cccnc3Cl)c2N)cc1OC.